The highest BCUT2D eigenvalue weighted by Gasteiger charge is 2.06. The van der Waals surface area contributed by atoms with E-state index >= 15 is 0 Å². The first-order chi connectivity index (χ1) is 5.65. The molecule has 1 rings (SSSR count). The Morgan fingerprint density at radius 1 is 1.33 bits per heavy atom. The second kappa shape index (κ2) is 3.85. The molecule has 0 fully saturated rings. The van der Waals surface area contributed by atoms with Gasteiger partial charge in [-0.1, -0.05) is 0 Å². The van der Waals surface area contributed by atoms with Crippen LogP contribution in [-0.4, -0.2) is 6.54 Å². The van der Waals surface area contributed by atoms with E-state index in [0.717, 1.165) is 12.1 Å². The molecule has 0 aliphatic rings. The van der Waals surface area contributed by atoms with E-state index in [2.05, 4.69) is 21.2 Å². The molecule has 1 aromatic rings. The number of hydrogen-bond donors (Lipinski definition) is 1. The highest BCUT2D eigenvalue weighted by molar-refractivity contribution is 9.10. The molecule has 1 nitrogen and oxygen atoms in total. The molecule has 0 saturated heterocycles. The topological polar surface area (TPSA) is 12.0 Å². The first-order valence-electron chi connectivity index (χ1n) is 3.53. The van der Waals surface area contributed by atoms with Crippen LogP contribution >= 0.6 is 15.9 Å². The number of nitrogens with one attached hydrogen (secondary N) is 1. The van der Waals surface area contributed by atoms with E-state index in [1.165, 1.54) is 0 Å². The van der Waals surface area contributed by atoms with Gasteiger partial charge in [0.2, 0.25) is 0 Å². The van der Waals surface area contributed by atoms with E-state index in [-0.39, 0.29) is 10.2 Å². The summed E-state index contributed by atoms with van der Waals surface area (Å²) in [6, 6.07) is 2.23. The van der Waals surface area contributed by atoms with Crippen LogP contribution < -0.4 is 5.32 Å². The highest BCUT2D eigenvalue weighted by atomic mass is 79.9. The summed E-state index contributed by atoms with van der Waals surface area (Å²) in [7, 11) is 0. The molecular weight excluding hydrogens is 228 g/mol. The van der Waals surface area contributed by atoms with Crippen molar-refractivity contribution in [1.82, 2.24) is 0 Å². The van der Waals surface area contributed by atoms with Gasteiger partial charge in [0.05, 0.1) is 10.2 Å². The average Bonchev–Trinajstić information content (AvgIpc) is 2.01. The molecule has 66 valence electrons. The molecule has 0 radical (unpaired) electrons. The van der Waals surface area contributed by atoms with E-state index in [1.807, 2.05) is 6.92 Å². The minimum Gasteiger partial charge on any atom is -0.383 e. The summed E-state index contributed by atoms with van der Waals surface area (Å²) in [6.45, 7) is 2.39. The predicted octanol–water partition coefficient (Wildman–Crippen LogP) is 3.16. The Bertz CT molecular complexity index is 289. The lowest BCUT2D eigenvalue weighted by Crippen LogP contribution is -2.00. The summed E-state index contributed by atoms with van der Waals surface area (Å²) >= 11 is 2.89. The quantitative estimate of drug-likeness (QED) is 0.777. The Labute approximate surface area is 77.9 Å². The fraction of sp³-hybridized carbons (Fsp3) is 0.250. The Balaban J connectivity index is 3.05. The molecule has 1 N–H and O–H groups in total. The maximum absolute atomic E-state index is 13.0. The van der Waals surface area contributed by atoms with Gasteiger partial charge in [-0.3, -0.25) is 0 Å². The Kier molecular flexibility index (Phi) is 3.03. The normalized spacial score (nSPS) is 10.0. The van der Waals surface area contributed by atoms with Crippen molar-refractivity contribution in [3.8, 4) is 0 Å². The van der Waals surface area contributed by atoms with Gasteiger partial charge >= 0.3 is 0 Å². The van der Waals surface area contributed by atoms with Gasteiger partial charge in [-0.05, 0) is 28.9 Å². The van der Waals surface area contributed by atoms with E-state index in [4.69, 9.17) is 0 Å². The molecule has 0 unspecified atom stereocenters. The fourth-order valence-corrected chi connectivity index (χ4v) is 1.16. The number of anilines is 1. The van der Waals surface area contributed by atoms with Crippen LogP contribution in [0, 0.1) is 11.6 Å². The van der Waals surface area contributed by atoms with Gasteiger partial charge < -0.3 is 5.32 Å². The van der Waals surface area contributed by atoms with Gasteiger partial charge in [0.25, 0.3) is 0 Å². The van der Waals surface area contributed by atoms with Crippen LogP contribution in [0.1, 0.15) is 6.92 Å². The first-order valence-corrected chi connectivity index (χ1v) is 4.33. The van der Waals surface area contributed by atoms with E-state index in [0.29, 0.717) is 6.54 Å². The predicted molar refractivity (Wildman–Crippen MR) is 48.2 cm³/mol. The molecule has 0 atom stereocenters. The summed E-state index contributed by atoms with van der Waals surface area (Å²) < 4.78 is 25.9. The Morgan fingerprint density at radius 2 is 2.00 bits per heavy atom. The molecule has 0 aliphatic heterocycles. The first kappa shape index (κ1) is 9.45. The summed E-state index contributed by atoms with van der Waals surface area (Å²) in [5.74, 6) is -0.919. The number of rotatable bonds is 2. The number of benzene rings is 1. The maximum atomic E-state index is 13.0. The molecule has 0 spiro atoms. The van der Waals surface area contributed by atoms with Crippen molar-refractivity contribution in [3.63, 3.8) is 0 Å². The fourth-order valence-electron chi connectivity index (χ4n) is 0.848. The summed E-state index contributed by atoms with van der Waals surface area (Å²) in [4.78, 5) is 0. The van der Waals surface area contributed by atoms with Crippen molar-refractivity contribution in [2.45, 2.75) is 6.92 Å². The SMILES string of the molecule is CCNc1cc(F)c(Br)cc1F. The van der Waals surface area contributed by atoms with Crippen LogP contribution in [-0.2, 0) is 0 Å². The van der Waals surface area contributed by atoms with Gasteiger partial charge in [0.1, 0.15) is 11.6 Å². The van der Waals surface area contributed by atoms with Crippen molar-refractivity contribution in [2.75, 3.05) is 11.9 Å². The molecular formula is C8H8BrF2N. The van der Waals surface area contributed by atoms with Crippen LogP contribution in [0.3, 0.4) is 0 Å². The van der Waals surface area contributed by atoms with Crippen molar-refractivity contribution < 1.29 is 8.78 Å². The molecule has 0 saturated carbocycles. The van der Waals surface area contributed by atoms with Gasteiger partial charge in [-0.2, -0.15) is 0 Å². The maximum Gasteiger partial charge on any atom is 0.147 e. The highest BCUT2D eigenvalue weighted by Crippen LogP contribution is 2.22. The lowest BCUT2D eigenvalue weighted by molar-refractivity contribution is 0.597. The minimum absolute atomic E-state index is 0.140. The molecule has 0 aromatic heterocycles. The van der Waals surface area contributed by atoms with Crippen LogP contribution in [0.15, 0.2) is 16.6 Å². The summed E-state index contributed by atoms with van der Waals surface area (Å²) in [6.07, 6.45) is 0. The van der Waals surface area contributed by atoms with Crippen molar-refractivity contribution in [2.24, 2.45) is 0 Å². The second-order valence-electron chi connectivity index (χ2n) is 2.28. The lowest BCUT2D eigenvalue weighted by Gasteiger charge is -2.05. The van der Waals surface area contributed by atoms with E-state index < -0.39 is 11.6 Å². The standard InChI is InChI=1S/C8H8BrF2N/c1-2-12-8-4-6(10)5(9)3-7(8)11/h3-4,12H,2H2,1H3. The molecule has 0 amide bonds. The van der Waals surface area contributed by atoms with Crippen LogP contribution in [0.4, 0.5) is 14.5 Å². The third-order valence-electron chi connectivity index (χ3n) is 1.38. The molecule has 0 bridgehead atoms. The van der Waals surface area contributed by atoms with Crippen molar-refractivity contribution in [1.29, 1.82) is 0 Å². The van der Waals surface area contributed by atoms with Crippen molar-refractivity contribution in [3.05, 3.63) is 28.2 Å². The second-order valence-corrected chi connectivity index (χ2v) is 3.13. The zero-order valence-electron chi connectivity index (χ0n) is 6.50. The van der Waals surface area contributed by atoms with Crippen LogP contribution in [0.2, 0.25) is 0 Å². The monoisotopic (exact) mass is 235 g/mol. The number of hydrogen-bond acceptors (Lipinski definition) is 1. The smallest absolute Gasteiger partial charge is 0.147 e. The Morgan fingerprint density at radius 3 is 2.58 bits per heavy atom. The largest absolute Gasteiger partial charge is 0.383 e. The minimum atomic E-state index is -0.465. The number of halogens is 3. The van der Waals surface area contributed by atoms with E-state index in [1.54, 1.807) is 0 Å². The summed E-state index contributed by atoms with van der Waals surface area (Å²) in [5.41, 5.74) is 0.193. The zero-order valence-corrected chi connectivity index (χ0v) is 8.08. The van der Waals surface area contributed by atoms with E-state index in [9.17, 15) is 8.78 Å². The van der Waals surface area contributed by atoms with Gasteiger partial charge in [0.15, 0.2) is 0 Å². The molecule has 0 aliphatic carbocycles. The summed E-state index contributed by atoms with van der Waals surface area (Å²) in [5, 5.41) is 2.71. The van der Waals surface area contributed by atoms with Crippen molar-refractivity contribution >= 4 is 21.6 Å². The van der Waals surface area contributed by atoms with Gasteiger partial charge in [-0.25, -0.2) is 8.78 Å². The third kappa shape index (κ3) is 1.94. The lowest BCUT2D eigenvalue weighted by atomic mass is 10.3. The van der Waals surface area contributed by atoms with Gasteiger partial charge in [-0.15, -0.1) is 0 Å². The van der Waals surface area contributed by atoms with Crippen LogP contribution in [0.25, 0.3) is 0 Å². The third-order valence-corrected chi connectivity index (χ3v) is 1.98. The molecule has 1 aromatic carbocycles. The molecule has 0 heterocycles. The molecule has 12 heavy (non-hydrogen) atoms. The Hall–Kier alpha value is -0.640. The average molecular weight is 236 g/mol. The molecule has 4 heteroatoms. The van der Waals surface area contributed by atoms with Crippen LogP contribution in [0.5, 0.6) is 0 Å². The zero-order chi connectivity index (χ0) is 9.14. The van der Waals surface area contributed by atoms with Gasteiger partial charge in [0, 0.05) is 12.6 Å².